The summed E-state index contributed by atoms with van der Waals surface area (Å²) >= 11 is 0. The first-order valence-corrected chi connectivity index (χ1v) is 3.67. The second-order valence-electron chi connectivity index (χ2n) is 2.87. The Balaban J connectivity index is 2.56. The molecule has 0 saturated carbocycles. The number of nitro groups is 1. The van der Waals surface area contributed by atoms with Crippen LogP contribution in [-0.4, -0.2) is 10.0 Å². The van der Waals surface area contributed by atoms with E-state index in [1.54, 1.807) is 0 Å². The van der Waals surface area contributed by atoms with Crippen LogP contribution in [0.5, 0.6) is 5.75 Å². The molecule has 1 aromatic carbocycles. The van der Waals surface area contributed by atoms with Gasteiger partial charge in [0.05, 0.1) is 4.92 Å². The number of nitro benzene ring substituents is 1. The molecule has 12 heavy (non-hydrogen) atoms. The number of hydrogen-bond acceptors (Lipinski definition) is 3. The Morgan fingerprint density at radius 1 is 1.33 bits per heavy atom. The van der Waals surface area contributed by atoms with Gasteiger partial charge in [-0.25, -0.2) is 0 Å². The Kier molecular flexibility index (Phi) is 1.30. The highest BCUT2D eigenvalue weighted by atomic mass is 16.6. The second-order valence-corrected chi connectivity index (χ2v) is 2.87. The van der Waals surface area contributed by atoms with Gasteiger partial charge in [0.15, 0.2) is 5.75 Å². The van der Waals surface area contributed by atoms with E-state index in [2.05, 4.69) is 0 Å². The molecule has 2 rings (SSSR count). The van der Waals surface area contributed by atoms with Gasteiger partial charge in [0.25, 0.3) is 0 Å². The highest BCUT2D eigenvalue weighted by Gasteiger charge is 2.21. The molecule has 4 nitrogen and oxygen atoms in total. The summed E-state index contributed by atoms with van der Waals surface area (Å²) in [5.74, 6) is -0.224. The van der Waals surface area contributed by atoms with Gasteiger partial charge < -0.3 is 5.11 Å². The van der Waals surface area contributed by atoms with Crippen molar-refractivity contribution < 1.29 is 10.0 Å². The molecule has 0 heterocycles. The van der Waals surface area contributed by atoms with Gasteiger partial charge >= 0.3 is 5.69 Å². The average Bonchev–Trinajstić information content (AvgIpc) is 1.96. The zero-order chi connectivity index (χ0) is 8.72. The van der Waals surface area contributed by atoms with Gasteiger partial charge in [0.1, 0.15) is 0 Å². The average molecular weight is 165 g/mol. The molecule has 0 aromatic heterocycles. The molecular formula is C8H7NO3. The van der Waals surface area contributed by atoms with Crippen molar-refractivity contribution in [2.75, 3.05) is 0 Å². The zero-order valence-corrected chi connectivity index (χ0v) is 6.28. The van der Waals surface area contributed by atoms with Crippen molar-refractivity contribution in [2.24, 2.45) is 0 Å². The summed E-state index contributed by atoms with van der Waals surface area (Å²) < 4.78 is 0. The van der Waals surface area contributed by atoms with Gasteiger partial charge in [0.2, 0.25) is 0 Å². The molecule has 0 saturated heterocycles. The summed E-state index contributed by atoms with van der Waals surface area (Å²) in [5, 5.41) is 19.5. The van der Waals surface area contributed by atoms with E-state index in [4.69, 9.17) is 0 Å². The molecule has 0 spiro atoms. The monoisotopic (exact) mass is 165 g/mol. The third-order valence-electron chi connectivity index (χ3n) is 2.16. The SMILES string of the molecule is O=[N+]([O-])c1cc2c(cc1O)CC2. The normalized spacial score (nSPS) is 13.3. The minimum atomic E-state index is -0.562. The molecule has 1 N–H and O–H groups in total. The van der Waals surface area contributed by atoms with Crippen molar-refractivity contribution in [1.82, 2.24) is 0 Å². The van der Waals surface area contributed by atoms with Crippen molar-refractivity contribution in [2.45, 2.75) is 12.8 Å². The Bertz CT molecular complexity index is 360. The fourth-order valence-corrected chi connectivity index (χ4v) is 1.37. The first-order valence-electron chi connectivity index (χ1n) is 3.67. The first-order chi connectivity index (χ1) is 5.68. The van der Waals surface area contributed by atoms with Crippen molar-refractivity contribution >= 4 is 5.69 Å². The summed E-state index contributed by atoms with van der Waals surface area (Å²) in [7, 11) is 0. The van der Waals surface area contributed by atoms with E-state index in [1.807, 2.05) is 0 Å². The minimum Gasteiger partial charge on any atom is -0.502 e. The van der Waals surface area contributed by atoms with Crippen LogP contribution in [0.4, 0.5) is 5.69 Å². The maximum absolute atomic E-state index is 10.4. The molecule has 1 aliphatic carbocycles. The highest BCUT2D eigenvalue weighted by molar-refractivity contribution is 5.54. The molecule has 1 aromatic rings. The third-order valence-corrected chi connectivity index (χ3v) is 2.16. The Morgan fingerprint density at radius 2 is 1.92 bits per heavy atom. The number of hydrogen-bond donors (Lipinski definition) is 1. The maximum Gasteiger partial charge on any atom is 0.310 e. The summed E-state index contributed by atoms with van der Waals surface area (Å²) in [5.41, 5.74) is 1.83. The standard InChI is InChI=1S/C8H7NO3/c10-8-4-6-2-1-5(6)3-7(8)9(11)12/h3-4,10H,1-2H2. The van der Waals surface area contributed by atoms with Crippen LogP contribution >= 0.6 is 0 Å². The summed E-state index contributed by atoms with van der Waals surface area (Å²) in [4.78, 5) is 9.79. The van der Waals surface area contributed by atoms with Crippen LogP contribution in [0.25, 0.3) is 0 Å². The van der Waals surface area contributed by atoms with Gasteiger partial charge in [-0.1, -0.05) is 0 Å². The fraction of sp³-hybridized carbons (Fsp3) is 0.250. The number of aromatic hydroxyl groups is 1. The largest absolute Gasteiger partial charge is 0.502 e. The first kappa shape index (κ1) is 7.09. The molecule has 62 valence electrons. The highest BCUT2D eigenvalue weighted by Crippen LogP contribution is 2.34. The maximum atomic E-state index is 10.4. The lowest BCUT2D eigenvalue weighted by molar-refractivity contribution is -0.386. The predicted molar refractivity (Wildman–Crippen MR) is 42.2 cm³/mol. The smallest absolute Gasteiger partial charge is 0.310 e. The molecule has 1 aliphatic rings. The van der Waals surface area contributed by atoms with E-state index < -0.39 is 4.92 Å². The van der Waals surface area contributed by atoms with Crippen molar-refractivity contribution in [3.63, 3.8) is 0 Å². The lowest BCUT2D eigenvalue weighted by Crippen LogP contribution is -2.08. The minimum absolute atomic E-state index is 0.187. The van der Waals surface area contributed by atoms with Crippen LogP contribution < -0.4 is 0 Å². The Hall–Kier alpha value is -1.58. The van der Waals surface area contributed by atoms with Gasteiger partial charge in [0, 0.05) is 6.07 Å². The number of nitrogens with zero attached hydrogens (tertiary/aromatic N) is 1. The van der Waals surface area contributed by atoms with Crippen molar-refractivity contribution in [1.29, 1.82) is 0 Å². The van der Waals surface area contributed by atoms with Crippen LogP contribution in [-0.2, 0) is 12.8 Å². The van der Waals surface area contributed by atoms with E-state index in [-0.39, 0.29) is 11.4 Å². The predicted octanol–water partition coefficient (Wildman–Crippen LogP) is 1.40. The van der Waals surface area contributed by atoms with Gasteiger partial charge in [-0.2, -0.15) is 0 Å². The van der Waals surface area contributed by atoms with Crippen LogP contribution in [0.1, 0.15) is 11.1 Å². The van der Waals surface area contributed by atoms with E-state index in [9.17, 15) is 15.2 Å². The van der Waals surface area contributed by atoms with Crippen LogP contribution in [0, 0.1) is 10.1 Å². The fourth-order valence-electron chi connectivity index (χ4n) is 1.37. The number of aryl methyl sites for hydroxylation is 2. The van der Waals surface area contributed by atoms with Gasteiger partial charge in [-0.15, -0.1) is 0 Å². The topological polar surface area (TPSA) is 63.4 Å². The molecule has 0 radical (unpaired) electrons. The number of phenols is 1. The van der Waals surface area contributed by atoms with Gasteiger partial charge in [-0.3, -0.25) is 10.1 Å². The molecule has 0 amide bonds. The zero-order valence-electron chi connectivity index (χ0n) is 6.28. The van der Waals surface area contributed by atoms with Crippen LogP contribution in [0.3, 0.4) is 0 Å². The molecule has 0 atom stereocenters. The van der Waals surface area contributed by atoms with Gasteiger partial charge in [-0.05, 0) is 30.0 Å². The van der Waals surface area contributed by atoms with Crippen LogP contribution in [0.15, 0.2) is 12.1 Å². The summed E-state index contributed by atoms with van der Waals surface area (Å²) in [6.45, 7) is 0. The molecule has 0 unspecified atom stereocenters. The lowest BCUT2D eigenvalue weighted by atomic mass is 9.88. The quantitative estimate of drug-likeness (QED) is 0.505. The summed E-state index contributed by atoms with van der Waals surface area (Å²) in [6.07, 6.45) is 1.80. The van der Waals surface area contributed by atoms with E-state index in [0.29, 0.717) is 0 Å². The number of rotatable bonds is 1. The van der Waals surface area contributed by atoms with E-state index in [1.165, 1.54) is 12.1 Å². The molecule has 4 heteroatoms. The lowest BCUT2D eigenvalue weighted by Gasteiger charge is -2.17. The molecule has 0 aliphatic heterocycles. The molecular weight excluding hydrogens is 158 g/mol. The van der Waals surface area contributed by atoms with E-state index in [0.717, 1.165) is 24.0 Å². The summed E-state index contributed by atoms with van der Waals surface area (Å²) in [6, 6.07) is 2.94. The second kappa shape index (κ2) is 2.20. The van der Waals surface area contributed by atoms with Crippen LogP contribution in [0.2, 0.25) is 0 Å². The Morgan fingerprint density at radius 3 is 2.42 bits per heavy atom. The van der Waals surface area contributed by atoms with Crippen molar-refractivity contribution in [3.05, 3.63) is 33.4 Å². The van der Waals surface area contributed by atoms with Crippen molar-refractivity contribution in [3.8, 4) is 5.75 Å². The number of phenolic OH excluding ortho intramolecular Hbond substituents is 1. The third kappa shape index (κ3) is 0.845. The molecule has 0 bridgehead atoms. The molecule has 0 fully saturated rings. The number of benzene rings is 1. The Labute approximate surface area is 68.6 Å². The van der Waals surface area contributed by atoms with E-state index >= 15 is 0 Å². The number of fused-ring (bicyclic) bond motifs is 1.